The lowest BCUT2D eigenvalue weighted by Crippen LogP contribution is -2.22. The van der Waals surface area contributed by atoms with Crippen LogP contribution in [0.15, 0.2) is 4.52 Å². The van der Waals surface area contributed by atoms with E-state index in [2.05, 4.69) is 10.1 Å². The molecule has 0 aliphatic carbocycles. The van der Waals surface area contributed by atoms with Gasteiger partial charge in [0.2, 0.25) is 5.89 Å². The third-order valence-electron chi connectivity index (χ3n) is 2.76. The first-order valence-electron chi connectivity index (χ1n) is 5.30. The van der Waals surface area contributed by atoms with Crippen LogP contribution in [0.4, 0.5) is 8.78 Å². The quantitative estimate of drug-likeness (QED) is 0.782. The lowest BCUT2D eigenvalue weighted by atomic mass is 10.2. The molecule has 0 bridgehead atoms. The van der Waals surface area contributed by atoms with E-state index < -0.39 is 12.0 Å². The van der Waals surface area contributed by atoms with Crippen LogP contribution in [0.3, 0.4) is 0 Å². The Labute approximate surface area is 92.6 Å². The fourth-order valence-corrected chi connectivity index (χ4v) is 1.87. The third kappa shape index (κ3) is 2.07. The zero-order chi connectivity index (χ0) is 11.9. The molecular formula is C10H15F2N3O. The number of hydrogen-bond donors (Lipinski definition) is 0. The van der Waals surface area contributed by atoms with Gasteiger partial charge in [0.05, 0.1) is 12.6 Å². The van der Waals surface area contributed by atoms with Crippen molar-refractivity contribution in [3.8, 4) is 0 Å². The lowest BCUT2D eigenvalue weighted by molar-refractivity contribution is 0.0138. The van der Waals surface area contributed by atoms with Crippen molar-refractivity contribution in [1.82, 2.24) is 15.0 Å². The van der Waals surface area contributed by atoms with E-state index in [0.29, 0.717) is 11.7 Å². The molecular weight excluding hydrogens is 216 g/mol. The third-order valence-corrected chi connectivity index (χ3v) is 2.76. The maximum Gasteiger partial charge on any atom is 0.262 e. The summed E-state index contributed by atoms with van der Waals surface area (Å²) in [6.45, 7) is 3.61. The molecule has 2 rings (SSSR count). The molecule has 1 aromatic rings. The molecule has 1 aliphatic rings. The molecule has 90 valence electrons. The van der Waals surface area contributed by atoms with E-state index in [0.717, 1.165) is 0 Å². The van der Waals surface area contributed by atoms with Gasteiger partial charge in [-0.15, -0.1) is 0 Å². The van der Waals surface area contributed by atoms with Gasteiger partial charge < -0.3 is 4.52 Å². The first kappa shape index (κ1) is 11.4. The fourth-order valence-electron chi connectivity index (χ4n) is 1.87. The Morgan fingerprint density at radius 1 is 1.50 bits per heavy atom. The van der Waals surface area contributed by atoms with E-state index in [1.807, 2.05) is 13.8 Å². The summed E-state index contributed by atoms with van der Waals surface area (Å²) in [5.74, 6) is -1.65. The van der Waals surface area contributed by atoms with E-state index in [-0.39, 0.29) is 18.9 Å². The van der Waals surface area contributed by atoms with Gasteiger partial charge in [-0.3, -0.25) is 4.90 Å². The van der Waals surface area contributed by atoms with Crippen LogP contribution in [0.25, 0.3) is 0 Å². The van der Waals surface area contributed by atoms with Crippen molar-refractivity contribution in [3.05, 3.63) is 11.7 Å². The Morgan fingerprint density at radius 2 is 2.19 bits per heavy atom. The summed E-state index contributed by atoms with van der Waals surface area (Å²) < 4.78 is 31.4. The predicted molar refractivity (Wildman–Crippen MR) is 53.3 cm³/mol. The largest absolute Gasteiger partial charge is 0.338 e. The second kappa shape index (κ2) is 3.76. The first-order valence-corrected chi connectivity index (χ1v) is 5.30. The van der Waals surface area contributed by atoms with Crippen LogP contribution in [0, 0.1) is 0 Å². The normalized spacial score (nSPS) is 25.5. The summed E-state index contributed by atoms with van der Waals surface area (Å²) in [5, 5.41) is 3.78. The molecule has 0 aromatic carbocycles. The van der Waals surface area contributed by atoms with Gasteiger partial charge in [-0.2, -0.15) is 4.98 Å². The van der Waals surface area contributed by atoms with Gasteiger partial charge in [0.1, 0.15) is 0 Å². The summed E-state index contributed by atoms with van der Waals surface area (Å²) in [7, 11) is 1.64. The topological polar surface area (TPSA) is 42.2 Å². The smallest absolute Gasteiger partial charge is 0.262 e. The Morgan fingerprint density at radius 3 is 2.62 bits per heavy atom. The van der Waals surface area contributed by atoms with E-state index in [1.54, 1.807) is 11.9 Å². The number of halogens is 2. The molecule has 0 unspecified atom stereocenters. The van der Waals surface area contributed by atoms with Crippen LogP contribution in [-0.4, -0.2) is 34.6 Å². The zero-order valence-electron chi connectivity index (χ0n) is 9.57. The monoisotopic (exact) mass is 231 g/mol. The highest BCUT2D eigenvalue weighted by molar-refractivity contribution is 5.01. The predicted octanol–water partition coefficient (Wildman–Crippen LogP) is 2.20. The molecule has 0 radical (unpaired) electrons. The van der Waals surface area contributed by atoms with Crippen molar-refractivity contribution in [2.45, 2.75) is 38.2 Å². The summed E-state index contributed by atoms with van der Waals surface area (Å²) in [6, 6.07) is -0.463. The van der Waals surface area contributed by atoms with Crippen LogP contribution in [-0.2, 0) is 0 Å². The Bertz CT molecular complexity index is 378. The number of nitrogens with zero attached hydrogens (tertiary/aromatic N) is 3. The minimum Gasteiger partial charge on any atom is -0.338 e. The molecule has 4 nitrogen and oxygen atoms in total. The average Bonchev–Trinajstić information content (AvgIpc) is 2.69. The summed E-state index contributed by atoms with van der Waals surface area (Å²) in [5.41, 5.74) is 0. The highest BCUT2D eigenvalue weighted by Gasteiger charge is 2.46. The number of aromatic nitrogens is 2. The van der Waals surface area contributed by atoms with Crippen molar-refractivity contribution < 1.29 is 13.3 Å². The second-order valence-electron chi connectivity index (χ2n) is 4.64. The molecule has 2 heterocycles. The standard InChI is InChI=1S/C10H15F2N3O/c1-6(2)8-13-9(16-14-8)7-4-10(11,12)5-15(7)3/h6-7H,4-5H2,1-3H3/t7-/m1/s1. The lowest BCUT2D eigenvalue weighted by Gasteiger charge is -2.13. The zero-order valence-corrected chi connectivity index (χ0v) is 9.57. The van der Waals surface area contributed by atoms with Gasteiger partial charge in [-0.25, -0.2) is 8.78 Å². The van der Waals surface area contributed by atoms with Gasteiger partial charge >= 0.3 is 0 Å². The van der Waals surface area contributed by atoms with Gasteiger partial charge in [0.15, 0.2) is 5.82 Å². The molecule has 0 N–H and O–H groups in total. The first-order chi connectivity index (χ1) is 7.39. The van der Waals surface area contributed by atoms with Crippen LogP contribution >= 0.6 is 0 Å². The maximum atomic E-state index is 13.2. The average molecular weight is 231 g/mol. The van der Waals surface area contributed by atoms with Gasteiger partial charge in [-0.1, -0.05) is 19.0 Å². The molecule has 1 saturated heterocycles. The van der Waals surface area contributed by atoms with Crippen molar-refractivity contribution in [3.63, 3.8) is 0 Å². The van der Waals surface area contributed by atoms with E-state index >= 15 is 0 Å². The molecule has 1 aliphatic heterocycles. The number of alkyl halides is 2. The molecule has 1 atom stereocenters. The number of likely N-dealkylation sites (tertiary alicyclic amines) is 1. The number of hydrogen-bond acceptors (Lipinski definition) is 4. The van der Waals surface area contributed by atoms with Gasteiger partial charge in [0.25, 0.3) is 5.92 Å². The molecule has 1 fully saturated rings. The highest BCUT2D eigenvalue weighted by Crippen LogP contribution is 2.39. The van der Waals surface area contributed by atoms with Gasteiger partial charge in [-0.05, 0) is 7.05 Å². The molecule has 0 amide bonds. The Kier molecular flexibility index (Phi) is 2.69. The van der Waals surface area contributed by atoms with Crippen molar-refractivity contribution >= 4 is 0 Å². The Hall–Kier alpha value is -1.04. The molecule has 16 heavy (non-hydrogen) atoms. The van der Waals surface area contributed by atoms with Crippen molar-refractivity contribution in [2.24, 2.45) is 0 Å². The van der Waals surface area contributed by atoms with Crippen LogP contribution in [0.2, 0.25) is 0 Å². The SMILES string of the molecule is CC(C)c1noc([C@H]2CC(F)(F)CN2C)n1. The molecule has 0 spiro atoms. The van der Waals surface area contributed by atoms with Crippen LogP contribution in [0.5, 0.6) is 0 Å². The molecule has 6 heteroatoms. The van der Waals surface area contributed by atoms with E-state index in [4.69, 9.17) is 4.52 Å². The molecule has 0 saturated carbocycles. The maximum absolute atomic E-state index is 13.2. The van der Waals surface area contributed by atoms with E-state index in [1.165, 1.54) is 0 Å². The van der Waals surface area contributed by atoms with Crippen LogP contribution < -0.4 is 0 Å². The number of rotatable bonds is 2. The van der Waals surface area contributed by atoms with Crippen LogP contribution in [0.1, 0.15) is 43.9 Å². The van der Waals surface area contributed by atoms with Crippen molar-refractivity contribution in [1.29, 1.82) is 0 Å². The van der Waals surface area contributed by atoms with E-state index in [9.17, 15) is 8.78 Å². The fraction of sp³-hybridized carbons (Fsp3) is 0.800. The summed E-state index contributed by atoms with van der Waals surface area (Å²) in [4.78, 5) is 5.71. The van der Waals surface area contributed by atoms with Crippen molar-refractivity contribution in [2.75, 3.05) is 13.6 Å². The Balaban J connectivity index is 2.18. The highest BCUT2D eigenvalue weighted by atomic mass is 19.3. The second-order valence-corrected chi connectivity index (χ2v) is 4.64. The minimum atomic E-state index is -2.66. The molecule has 1 aromatic heterocycles. The van der Waals surface area contributed by atoms with Gasteiger partial charge in [0, 0.05) is 12.3 Å². The summed E-state index contributed by atoms with van der Waals surface area (Å²) in [6.07, 6.45) is -0.247. The summed E-state index contributed by atoms with van der Waals surface area (Å²) >= 11 is 0. The minimum absolute atomic E-state index is 0.143.